The summed E-state index contributed by atoms with van der Waals surface area (Å²) in [7, 11) is 0. The smallest absolute Gasteiger partial charge is 0.123 e. The molecule has 0 bridgehead atoms. The quantitative estimate of drug-likeness (QED) is 0.850. The summed E-state index contributed by atoms with van der Waals surface area (Å²) in [6.45, 7) is 4.09. The molecule has 88 valence electrons. The Morgan fingerprint density at radius 2 is 2.38 bits per heavy atom. The highest BCUT2D eigenvalue weighted by molar-refractivity contribution is 5.20. The summed E-state index contributed by atoms with van der Waals surface area (Å²) in [4.78, 5) is 2.36. The molecule has 1 fully saturated rings. The number of halogens is 1. The summed E-state index contributed by atoms with van der Waals surface area (Å²) < 4.78 is 13.2. The predicted octanol–water partition coefficient (Wildman–Crippen LogP) is 2.31. The highest BCUT2D eigenvalue weighted by Crippen LogP contribution is 2.27. The standard InChI is InChI=1S/C13H19FN2/c1-2-13(16-7-6-12(15)9-16)10-4-3-5-11(14)8-10/h3-5,8,12-13H,2,6-7,9,15H2,1H3. The lowest BCUT2D eigenvalue weighted by atomic mass is 10.0. The first-order valence-electron chi connectivity index (χ1n) is 5.95. The van der Waals surface area contributed by atoms with Gasteiger partial charge in [0.25, 0.3) is 0 Å². The summed E-state index contributed by atoms with van der Waals surface area (Å²) in [6.07, 6.45) is 2.04. The zero-order valence-electron chi connectivity index (χ0n) is 9.70. The van der Waals surface area contributed by atoms with Gasteiger partial charge in [-0.2, -0.15) is 0 Å². The molecule has 0 radical (unpaired) electrons. The minimum absolute atomic E-state index is 0.153. The maximum Gasteiger partial charge on any atom is 0.123 e. The van der Waals surface area contributed by atoms with Crippen molar-refractivity contribution in [1.82, 2.24) is 4.90 Å². The van der Waals surface area contributed by atoms with Crippen LogP contribution < -0.4 is 5.73 Å². The molecule has 2 N–H and O–H groups in total. The van der Waals surface area contributed by atoms with E-state index >= 15 is 0 Å². The van der Waals surface area contributed by atoms with Crippen molar-refractivity contribution in [3.63, 3.8) is 0 Å². The zero-order valence-corrected chi connectivity index (χ0v) is 9.70. The SMILES string of the molecule is CCC(c1cccc(F)c1)N1CCC(N)C1. The van der Waals surface area contributed by atoms with Crippen LogP contribution in [0.25, 0.3) is 0 Å². The van der Waals surface area contributed by atoms with Crippen molar-refractivity contribution in [3.8, 4) is 0 Å². The van der Waals surface area contributed by atoms with Crippen LogP contribution in [0.4, 0.5) is 4.39 Å². The third-order valence-electron chi connectivity index (χ3n) is 3.32. The van der Waals surface area contributed by atoms with Crippen LogP contribution >= 0.6 is 0 Å². The van der Waals surface area contributed by atoms with Gasteiger partial charge in [0.2, 0.25) is 0 Å². The second-order valence-corrected chi connectivity index (χ2v) is 4.52. The Hall–Kier alpha value is -0.930. The van der Waals surface area contributed by atoms with E-state index in [1.807, 2.05) is 6.07 Å². The second kappa shape index (κ2) is 4.93. The maximum atomic E-state index is 13.2. The fourth-order valence-corrected chi connectivity index (χ4v) is 2.52. The molecule has 0 saturated carbocycles. The summed E-state index contributed by atoms with van der Waals surface area (Å²) in [5, 5.41) is 0. The van der Waals surface area contributed by atoms with Crippen LogP contribution in [-0.2, 0) is 0 Å². The Bertz CT molecular complexity index is 354. The largest absolute Gasteiger partial charge is 0.326 e. The first kappa shape index (κ1) is 11.6. The average molecular weight is 222 g/mol. The van der Waals surface area contributed by atoms with Gasteiger partial charge < -0.3 is 5.73 Å². The van der Waals surface area contributed by atoms with Crippen LogP contribution in [0.3, 0.4) is 0 Å². The topological polar surface area (TPSA) is 29.3 Å². The fraction of sp³-hybridized carbons (Fsp3) is 0.538. The minimum Gasteiger partial charge on any atom is -0.326 e. The van der Waals surface area contributed by atoms with Crippen molar-refractivity contribution in [1.29, 1.82) is 0 Å². The molecule has 2 atom stereocenters. The molecule has 16 heavy (non-hydrogen) atoms. The number of nitrogens with two attached hydrogens (primary N) is 1. The molecular weight excluding hydrogens is 203 g/mol. The predicted molar refractivity (Wildman–Crippen MR) is 63.6 cm³/mol. The highest BCUT2D eigenvalue weighted by atomic mass is 19.1. The third-order valence-corrected chi connectivity index (χ3v) is 3.32. The number of hydrogen-bond donors (Lipinski definition) is 1. The molecule has 2 nitrogen and oxygen atoms in total. The van der Waals surface area contributed by atoms with Gasteiger partial charge >= 0.3 is 0 Å². The Morgan fingerprint density at radius 3 is 2.94 bits per heavy atom. The summed E-state index contributed by atoms with van der Waals surface area (Å²) in [5.41, 5.74) is 6.98. The molecule has 0 aliphatic carbocycles. The zero-order chi connectivity index (χ0) is 11.5. The Morgan fingerprint density at radius 1 is 1.56 bits per heavy atom. The van der Waals surface area contributed by atoms with Gasteiger partial charge in [0.1, 0.15) is 5.82 Å². The van der Waals surface area contributed by atoms with E-state index in [2.05, 4.69) is 11.8 Å². The normalized spacial score (nSPS) is 23.6. The highest BCUT2D eigenvalue weighted by Gasteiger charge is 2.26. The van der Waals surface area contributed by atoms with E-state index in [0.29, 0.717) is 6.04 Å². The van der Waals surface area contributed by atoms with E-state index in [-0.39, 0.29) is 11.9 Å². The van der Waals surface area contributed by atoms with E-state index < -0.39 is 0 Å². The van der Waals surface area contributed by atoms with E-state index in [1.165, 1.54) is 6.07 Å². The lowest BCUT2D eigenvalue weighted by Gasteiger charge is -2.27. The molecule has 1 aliphatic rings. The molecule has 1 heterocycles. The monoisotopic (exact) mass is 222 g/mol. The molecule has 1 saturated heterocycles. The molecule has 0 spiro atoms. The van der Waals surface area contributed by atoms with Crippen LogP contribution in [0.2, 0.25) is 0 Å². The van der Waals surface area contributed by atoms with Crippen LogP contribution in [0.1, 0.15) is 31.4 Å². The van der Waals surface area contributed by atoms with Crippen molar-refractivity contribution < 1.29 is 4.39 Å². The van der Waals surface area contributed by atoms with E-state index in [1.54, 1.807) is 12.1 Å². The van der Waals surface area contributed by atoms with Gasteiger partial charge in [-0.1, -0.05) is 19.1 Å². The maximum absolute atomic E-state index is 13.2. The lowest BCUT2D eigenvalue weighted by Crippen LogP contribution is -2.30. The van der Waals surface area contributed by atoms with Crippen LogP contribution in [0.5, 0.6) is 0 Å². The van der Waals surface area contributed by atoms with Crippen molar-refractivity contribution in [3.05, 3.63) is 35.6 Å². The minimum atomic E-state index is -0.153. The molecular formula is C13H19FN2. The van der Waals surface area contributed by atoms with Crippen LogP contribution in [-0.4, -0.2) is 24.0 Å². The van der Waals surface area contributed by atoms with Crippen molar-refractivity contribution in [2.45, 2.75) is 31.8 Å². The van der Waals surface area contributed by atoms with Gasteiger partial charge in [0.15, 0.2) is 0 Å². The van der Waals surface area contributed by atoms with E-state index in [0.717, 1.165) is 31.5 Å². The Kier molecular flexibility index (Phi) is 3.56. The van der Waals surface area contributed by atoms with Crippen molar-refractivity contribution in [2.75, 3.05) is 13.1 Å². The van der Waals surface area contributed by atoms with Gasteiger partial charge in [0.05, 0.1) is 0 Å². The Balaban J connectivity index is 2.16. The molecule has 0 amide bonds. The van der Waals surface area contributed by atoms with Crippen LogP contribution in [0.15, 0.2) is 24.3 Å². The fourth-order valence-electron chi connectivity index (χ4n) is 2.52. The third kappa shape index (κ3) is 2.42. The molecule has 2 rings (SSSR count). The summed E-state index contributed by atoms with van der Waals surface area (Å²) in [6, 6.07) is 7.50. The van der Waals surface area contributed by atoms with Crippen molar-refractivity contribution in [2.24, 2.45) is 5.73 Å². The summed E-state index contributed by atoms with van der Waals surface area (Å²) >= 11 is 0. The van der Waals surface area contributed by atoms with Gasteiger partial charge in [-0.3, -0.25) is 4.90 Å². The summed E-state index contributed by atoms with van der Waals surface area (Å²) in [5.74, 6) is -0.153. The van der Waals surface area contributed by atoms with Gasteiger partial charge in [-0.05, 0) is 30.5 Å². The van der Waals surface area contributed by atoms with Gasteiger partial charge in [-0.15, -0.1) is 0 Å². The van der Waals surface area contributed by atoms with Crippen LogP contribution in [0, 0.1) is 5.82 Å². The number of hydrogen-bond acceptors (Lipinski definition) is 2. The number of benzene rings is 1. The Labute approximate surface area is 96.2 Å². The first-order chi connectivity index (χ1) is 7.70. The number of rotatable bonds is 3. The molecule has 1 aromatic rings. The van der Waals surface area contributed by atoms with E-state index in [9.17, 15) is 4.39 Å². The number of likely N-dealkylation sites (tertiary alicyclic amines) is 1. The second-order valence-electron chi connectivity index (χ2n) is 4.52. The van der Waals surface area contributed by atoms with Gasteiger partial charge in [-0.25, -0.2) is 4.39 Å². The molecule has 1 aliphatic heterocycles. The first-order valence-corrected chi connectivity index (χ1v) is 5.95. The number of nitrogens with zero attached hydrogens (tertiary/aromatic N) is 1. The van der Waals surface area contributed by atoms with E-state index in [4.69, 9.17) is 5.73 Å². The van der Waals surface area contributed by atoms with Crippen molar-refractivity contribution >= 4 is 0 Å². The molecule has 1 aromatic carbocycles. The molecule has 2 unspecified atom stereocenters. The lowest BCUT2D eigenvalue weighted by molar-refractivity contribution is 0.236. The van der Waals surface area contributed by atoms with Gasteiger partial charge in [0, 0.05) is 25.2 Å². The average Bonchev–Trinajstić information content (AvgIpc) is 2.66. The molecule has 3 heteroatoms. The molecule has 0 aromatic heterocycles.